The van der Waals surface area contributed by atoms with Crippen LogP contribution in [0.3, 0.4) is 0 Å². The number of amides is 1. The van der Waals surface area contributed by atoms with Gasteiger partial charge in [0.25, 0.3) is 5.91 Å². The Balaban J connectivity index is 1.69. The SMILES string of the molecule is Cc1nc(Nc2ccc(N(C)C)cc2)cc(C(=O)NCc2ccc(F)cc2)n1. The van der Waals surface area contributed by atoms with Crippen molar-refractivity contribution >= 4 is 23.1 Å². The van der Waals surface area contributed by atoms with Gasteiger partial charge in [0.15, 0.2) is 0 Å². The summed E-state index contributed by atoms with van der Waals surface area (Å²) in [5.41, 5.74) is 3.02. The number of halogens is 1. The van der Waals surface area contributed by atoms with E-state index in [2.05, 4.69) is 20.6 Å². The third-order valence-electron chi connectivity index (χ3n) is 4.09. The number of nitrogens with one attached hydrogen (secondary N) is 2. The third kappa shape index (κ3) is 5.03. The van der Waals surface area contributed by atoms with E-state index in [-0.39, 0.29) is 24.0 Å². The summed E-state index contributed by atoms with van der Waals surface area (Å²) < 4.78 is 13.0. The number of rotatable bonds is 6. The fourth-order valence-electron chi connectivity index (χ4n) is 2.61. The molecule has 3 aromatic rings. The van der Waals surface area contributed by atoms with E-state index in [0.717, 1.165) is 16.9 Å². The van der Waals surface area contributed by atoms with Crippen LogP contribution in [0.4, 0.5) is 21.6 Å². The summed E-state index contributed by atoms with van der Waals surface area (Å²) in [6.07, 6.45) is 0. The van der Waals surface area contributed by atoms with Crippen molar-refractivity contribution < 1.29 is 9.18 Å². The van der Waals surface area contributed by atoms with E-state index in [1.54, 1.807) is 25.1 Å². The highest BCUT2D eigenvalue weighted by Crippen LogP contribution is 2.19. The highest BCUT2D eigenvalue weighted by molar-refractivity contribution is 5.93. The number of carbonyl (C=O) groups excluding carboxylic acids is 1. The Kier molecular flexibility index (Phi) is 5.84. The molecule has 0 aliphatic carbocycles. The molecular formula is C21H22FN5O. The molecule has 0 atom stereocenters. The summed E-state index contributed by atoms with van der Waals surface area (Å²) >= 11 is 0. The van der Waals surface area contributed by atoms with Gasteiger partial charge in [-0.15, -0.1) is 0 Å². The molecule has 6 nitrogen and oxygen atoms in total. The lowest BCUT2D eigenvalue weighted by Gasteiger charge is -2.13. The van der Waals surface area contributed by atoms with Crippen LogP contribution < -0.4 is 15.5 Å². The molecule has 1 amide bonds. The second kappa shape index (κ2) is 8.47. The molecule has 7 heteroatoms. The van der Waals surface area contributed by atoms with Gasteiger partial charge in [0.2, 0.25) is 0 Å². The van der Waals surface area contributed by atoms with Crippen molar-refractivity contribution in [2.24, 2.45) is 0 Å². The van der Waals surface area contributed by atoms with Crippen LogP contribution in [-0.2, 0) is 6.54 Å². The molecular weight excluding hydrogens is 357 g/mol. The van der Waals surface area contributed by atoms with Gasteiger partial charge >= 0.3 is 0 Å². The van der Waals surface area contributed by atoms with E-state index >= 15 is 0 Å². The first-order chi connectivity index (χ1) is 13.4. The fourth-order valence-corrected chi connectivity index (χ4v) is 2.61. The maximum atomic E-state index is 13.0. The van der Waals surface area contributed by atoms with Crippen LogP contribution in [0.1, 0.15) is 21.9 Å². The minimum Gasteiger partial charge on any atom is -0.378 e. The lowest BCUT2D eigenvalue weighted by Crippen LogP contribution is -2.24. The Labute approximate surface area is 163 Å². The number of aromatic nitrogens is 2. The predicted molar refractivity (Wildman–Crippen MR) is 108 cm³/mol. The number of hydrogen-bond acceptors (Lipinski definition) is 5. The molecule has 2 N–H and O–H groups in total. The van der Waals surface area contributed by atoms with Crippen molar-refractivity contribution in [3.63, 3.8) is 0 Å². The Hall–Kier alpha value is -3.48. The predicted octanol–water partition coefficient (Wildman–Crippen LogP) is 3.66. The average molecular weight is 379 g/mol. The van der Waals surface area contributed by atoms with Crippen LogP contribution in [-0.4, -0.2) is 30.0 Å². The number of aryl methyl sites for hydroxylation is 1. The van der Waals surface area contributed by atoms with Crippen LogP contribution in [0.2, 0.25) is 0 Å². The minimum absolute atomic E-state index is 0.266. The number of hydrogen-bond donors (Lipinski definition) is 2. The molecule has 0 radical (unpaired) electrons. The van der Waals surface area contributed by atoms with E-state index in [0.29, 0.717) is 11.6 Å². The van der Waals surface area contributed by atoms with Gasteiger partial charge in [-0.1, -0.05) is 12.1 Å². The Morgan fingerprint density at radius 3 is 2.36 bits per heavy atom. The smallest absolute Gasteiger partial charge is 0.270 e. The molecule has 3 rings (SSSR count). The first kappa shape index (κ1) is 19.3. The van der Waals surface area contributed by atoms with Crippen LogP contribution in [0, 0.1) is 12.7 Å². The monoisotopic (exact) mass is 379 g/mol. The average Bonchev–Trinajstić information content (AvgIpc) is 2.67. The molecule has 0 spiro atoms. The van der Waals surface area contributed by atoms with Crippen molar-refractivity contribution in [2.75, 3.05) is 24.3 Å². The van der Waals surface area contributed by atoms with Gasteiger partial charge in [-0.2, -0.15) is 0 Å². The molecule has 0 unspecified atom stereocenters. The molecule has 0 aliphatic rings. The topological polar surface area (TPSA) is 70.2 Å². The van der Waals surface area contributed by atoms with E-state index in [1.165, 1.54) is 12.1 Å². The van der Waals surface area contributed by atoms with Crippen molar-refractivity contribution in [2.45, 2.75) is 13.5 Å². The fraction of sp³-hybridized carbons (Fsp3) is 0.190. The quantitative estimate of drug-likeness (QED) is 0.684. The minimum atomic E-state index is -0.319. The third-order valence-corrected chi connectivity index (χ3v) is 4.09. The lowest BCUT2D eigenvalue weighted by molar-refractivity contribution is 0.0945. The van der Waals surface area contributed by atoms with Gasteiger partial charge in [0.05, 0.1) is 0 Å². The molecule has 1 heterocycles. The molecule has 144 valence electrons. The maximum absolute atomic E-state index is 13.0. The summed E-state index contributed by atoms with van der Waals surface area (Å²) in [4.78, 5) is 23.0. The highest BCUT2D eigenvalue weighted by Gasteiger charge is 2.11. The van der Waals surface area contributed by atoms with E-state index < -0.39 is 0 Å². The van der Waals surface area contributed by atoms with Gasteiger partial charge < -0.3 is 15.5 Å². The zero-order valence-corrected chi connectivity index (χ0v) is 16.0. The molecule has 0 fully saturated rings. The first-order valence-electron chi connectivity index (χ1n) is 8.83. The van der Waals surface area contributed by atoms with Crippen LogP contribution >= 0.6 is 0 Å². The van der Waals surface area contributed by atoms with Gasteiger partial charge in [-0.25, -0.2) is 14.4 Å². The van der Waals surface area contributed by atoms with Crippen LogP contribution in [0.15, 0.2) is 54.6 Å². The van der Waals surface area contributed by atoms with E-state index in [4.69, 9.17) is 0 Å². The Bertz CT molecular complexity index is 956. The number of nitrogens with zero attached hydrogens (tertiary/aromatic N) is 3. The van der Waals surface area contributed by atoms with Gasteiger partial charge in [0, 0.05) is 38.1 Å². The number of benzene rings is 2. The largest absolute Gasteiger partial charge is 0.378 e. The summed E-state index contributed by atoms with van der Waals surface area (Å²) in [6.45, 7) is 2.02. The molecule has 1 aromatic heterocycles. The first-order valence-corrected chi connectivity index (χ1v) is 8.83. The van der Waals surface area contributed by atoms with E-state index in [9.17, 15) is 9.18 Å². The summed E-state index contributed by atoms with van der Waals surface area (Å²) in [6, 6.07) is 15.5. The summed E-state index contributed by atoms with van der Waals surface area (Å²) in [5.74, 6) is 0.399. The van der Waals surface area contributed by atoms with Gasteiger partial charge in [-0.3, -0.25) is 4.79 Å². The highest BCUT2D eigenvalue weighted by atomic mass is 19.1. The van der Waals surface area contributed by atoms with Crippen molar-refractivity contribution in [1.29, 1.82) is 0 Å². The van der Waals surface area contributed by atoms with Gasteiger partial charge in [-0.05, 0) is 48.9 Å². The lowest BCUT2D eigenvalue weighted by atomic mass is 10.2. The second-order valence-corrected chi connectivity index (χ2v) is 6.56. The summed E-state index contributed by atoms with van der Waals surface area (Å²) in [7, 11) is 3.96. The second-order valence-electron chi connectivity index (χ2n) is 6.56. The standard InChI is InChI=1S/C21H22FN5O/c1-14-24-19(21(28)23-13-15-4-6-16(22)7-5-15)12-20(25-14)26-17-8-10-18(11-9-17)27(2)3/h4-12H,13H2,1-3H3,(H,23,28)(H,24,25,26). The zero-order chi connectivity index (χ0) is 20.1. The van der Waals surface area contributed by atoms with Crippen LogP contribution in [0.5, 0.6) is 0 Å². The number of anilines is 3. The van der Waals surface area contributed by atoms with Crippen molar-refractivity contribution in [3.05, 3.63) is 77.5 Å². The normalized spacial score (nSPS) is 10.4. The van der Waals surface area contributed by atoms with Crippen molar-refractivity contribution in [1.82, 2.24) is 15.3 Å². The summed E-state index contributed by atoms with van der Waals surface area (Å²) in [5, 5.41) is 5.98. The molecule has 28 heavy (non-hydrogen) atoms. The Morgan fingerprint density at radius 2 is 1.71 bits per heavy atom. The van der Waals surface area contributed by atoms with Gasteiger partial charge in [0.1, 0.15) is 23.2 Å². The van der Waals surface area contributed by atoms with E-state index in [1.807, 2.05) is 43.3 Å². The number of carbonyl (C=O) groups is 1. The molecule has 0 aliphatic heterocycles. The van der Waals surface area contributed by atoms with Crippen molar-refractivity contribution in [3.8, 4) is 0 Å². The molecule has 0 bridgehead atoms. The Morgan fingerprint density at radius 1 is 1.04 bits per heavy atom. The molecule has 2 aromatic carbocycles. The maximum Gasteiger partial charge on any atom is 0.270 e. The molecule has 0 saturated heterocycles. The zero-order valence-electron chi connectivity index (χ0n) is 16.0. The molecule has 0 saturated carbocycles. The van der Waals surface area contributed by atoms with Crippen LogP contribution in [0.25, 0.3) is 0 Å².